The van der Waals surface area contributed by atoms with Crippen LogP contribution in [0.2, 0.25) is 0 Å². The van der Waals surface area contributed by atoms with Gasteiger partial charge in [-0.2, -0.15) is 0 Å². The van der Waals surface area contributed by atoms with E-state index in [1.807, 2.05) is 6.07 Å². The number of aryl methyl sites for hydroxylation is 1. The number of halogens is 2. The van der Waals surface area contributed by atoms with E-state index in [1.54, 1.807) is 42.7 Å². The first-order valence-corrected chi connectivity index (χ1v) is 13.6. The molecule has 2 aliphatic rings. The van der Waals surface area contributed by atoms with Gasteiger partial charge in [0.1, 0.15) is 17.5 Å². The van der Waals surface area contributed by atoms with Crippen LogP contribution in [0.4, 0.5) is 20.5 Å². The molecule has 1 aromatic carbocycles. The Labute approximate surface area is 218 Å². The highest BCUT2D eigenvalue weighted by atomic mass is 32.1. The van der Waals surface area contributed by atoms with Gasteiger partial charge in [-0.15, -0.1) is 11.3 Å². The smallest absolute Gasteiger partial charge is 0.228 e. The predicted molar refractivity (Wildman–Crippen MR) is 142 cm³/mol. The van der Waals surface area contributed by atoms with Gasteiger partial charge in [0.25, 0.3) is 0 Å². The van der Waals surface area contributed by atoms with Crippen LogP contribution in [-0.2, 0) is 0 Å². The second kappa shape index (κ2) is 10.2. The van der Waals surface area contributed by atoms with E-state index >= 15 is 0 Å². The molecule has 6 rings (SSSR count). The zero-order chi connectivity index (χ0) is 25.4. The van der Waals surface area contributed by atoms with E-state index in [2.05, 4.69) is 20.6 Å². The standard InChI is InChI=1S/C28H28F2N6S/c1-16-24(30)21(17-3-2-4-17)15-23(33-16)35-28-32-14-11-22(34-28)26-25(18-5-7-20(29)8-6-18)36-27(37-26)19-9-12-31-13-10-19/h5-8,11,14-15,17,19,31H,2-4,9-10,12-13H2,1H3,(H,32,33,34,35). The molecule has 0 radical (unpaired) electrons. The fourth-order valence-electron chi connectivity index (χ4n) is 4.98. The van der Waals surface area contributed by atoms with E-state index < -0.39 is 0 Å². The van der Waals surface area contributed by atoms with Crippen molar-refractivity contribution in [2.24, 2.45) is 0 Å². The molecule has 2 fully saturated rings. The van der Waals surface area contributed by atoms with E-state index in [1.165, 1.54) is 12.1 Å². The summed E-state index contributed by atoms with van der Waals surface area (Å²) in [7, 11) is 0. The van der Waals surface area contributed by atoms with Crippen LogP contribution in [0.1, 0.15) is 60.2 Å². The van der Waals surface area contributed by atoms with E-state index in [9.17, 15) is 8.78 Å². The second-order valence-electron chi connectivity index (χ2n) is 9.78. The highest BCUT2D eigenvalue weighted by Crippen LogP contribution is 2.41. The molecule has 3 aromatic heterocycles. The minimum Gasteiger partial charge on any atom is -0.317 e. The maximum atomic E-state index is 14.7. The van der Waals surface area contributed by atoms with Gasteiger partial charge in [-0.05, 0) is 93.6 Å². The van der Waals surface area contributed by atoms with Gasteiger partial charge < -0.3 is 10.6 Å². The molecule has 4 heterocycles. The van der Waals surface area contributed by atoms with E-state index in [4.69, 9.17) is 9.97 Å². The van der Waals surface area contributed by atoms with Crippen molar-refractivity contribution in [3.63, 3.8) is 0 Å². The average molecular weight is 519 g/mol. The fraction of sp³-hybridized carbons (Fsp3) is 0.357. The van der Waals surface area contributed by atoms with Gasteiger partial charge in [0.05, 0.1) is 27.0 Å². The molecule has 0 unspecified atom stereocenters. The molecule has 1 saturated carbocycles. The number of nitrogens with one attached hydrogen (secondary N) is 2. The average Bonchev–Trinajstić information content (AvgIpc) is 3.33. The number of thiazole rings is 1. The van der Waals surface area contributed by atoms with Crippen molar-refractivity contribution < 1.29 is 8.78 Å². The van der Waals surface area contributed by atoms with E-state index in [0.29, 0.717) is 28.9 Å². The normalized spacial score (nSPS) is 16.5. The largest absolute Gasteiger partial charge is 0.317 e. The number of aromatic nitrogens is 4. The molecule has 6 nitrogen and oxygen atoms in total. The lowest BCUT2D eigenvalue weighted by atomic mass is 9.80. The van der Waals surface area contributed by atoms with Crippen LogP contribution in [-0.4, -0.2) is 33.0 Å². The van der Waals surface area contributed by atoms with E-state index in [0.717, 1.165) is 72.0 Å². The first-order chi connectivity index (χ1) is 18.0. The molecule has 0 atom stereocenters. The molecule has 1 aliphatic carbocycles. The summed E-state index contributed by atoms with van der Waals surface area (Å²) in [6.07, 6.45) is 6.90. The van der Waals surface area contributed by atoms with Crippen LogP contribution in [0, 0.1) is 18.6 Å². The van der Waals surface area contributed by atoms with Crippen LogP contribution in [0.25, 0.3) is 21.8 Å². The molecule has 190 valence electrons. The molecule has 0 amide bonds. The molecule has 37 heavy (non-hydrogen) atoms. The van der Waals surface area contributed by atoms with Gasteiger partial charge in [0.15, 0.2) is 0 Å². The molecule has 0 bridgehead atoms. The van der Waals surface area contributed by atoms with Crippen molar-refractivity contribution >= 4 is 23.1 Å². The SMILES string of the molecule is Cc1nc(Nc2nccc(-c3sc(C4CCNCC4)nc3-c3ccc(F)cc3)n2)cc(C2CCC2)c1F. The first kappa shape index (κ1) is 24.1. The van der Waals surface area contributed by atoms with E-state index in [-0.39, 0.29) is 17.6 Å². The van der Waals surface area contributed by atoms with Crippen LogP contribution in [0.5, 0.6) is 0 Å². The second-order valence-corrected chi connectivity index (χ2v) is 10.8. The maximum absolute atomic E-state index is 14.7. The van der Waals surface area contributed by atoms with Crippen molar-refractivity contribution in [2.75, 3.05) is 18.4 Å². The van der Waals surface area contributed by atoms with Crippen molar-refractivity contribution in [1.29, 1.82) is 0 Å². The van der Waals surface area contributed by atoms with Crippen molar-refractivity contribution in [3.05, 3.63) is 70.5 Å². The highest BCUT2D eigenvalue weighted by Gasteiger charge is 2.26. The molecule has 9 heteroatoms. The molecule has 2 N–H and O–H groups in total. The quantitative estimate of drug-likeness (QED) is 0.295. The summed E-state index contributed by atoms with van der Waals surface area (Å²) < 4.78 is 28.4. The number of hydrogen-bond donors (Lipinski definition) is 2. The van der Waals surface area contributed by atoms with Gasteiger partial charge in [-0.3, -0.25) is 0 Å². The van der Waals surface area contributed by atoms with Crippen LogP contribution in [0.3, 0.4) is 0 Å². The summed E-state index contributed by atoms with van der Waals surface area (Å²) in [5, 5.41) is 7.67. The zero-order valence-corrected chi connectivity index (χ0v) is 21.4. The van der Waals surface area contributed by atoms with Crippen LogP contribution < -0.4 is 10.6 Å². The number of rotatable bonds is 6. The Morgan fingerprint density at radius 1 is 0.946 bits per heavy atom. The van der Waals surface area contributed by atoms with Crippen molar-refractivity contribution in [1.82, 2.24) is 25.3 Å². The molecule has 1 aliphatic heterocycles. The third-order valence-electron chi connectivity index (χ3n) is 7.27. The topological polar surface area (TPSA) is 75.6 Å². The maximum Gasteiger partial charge on any atom is 0.228 e. The summed E-state index contributed by atoms with van der Waals surface area (Å²) in [5.74, 6) is 1.06. The van der Waals surface area contributed by atoms with Gasteiger partial charge in [0.2, 0.25) is 5.95 Å². The molecule has 4 aromatic rings. The molecular formula is C28H28F2N6S. The lowest BCUT2D eigenvalue weighted by molar-refractivity contribution is 0.402. The third-order valence-corrected chi connectivity index (χ3v) is 8.51. The minimum atomic E-state index is -0.281. The first-order valence-electron chi connectivity index (χ1n) is 12.8. The Morgan fingerprint density at radius 2 is 1.73 bits per heavy atom. The fourth-order valence-corrected chi connectivity index (χ4v) is 6.21. The Kier molecular flexibility index (Phi) is 6.65. The van der Waals surface area contributed by atoms with Gasteiger partial charge in [0, 0.05) is 17.7 Å². The van der Waals surface area contributed by atoms with Crippen molar-refractivity contribution in [3.8, 4) is 21.8 Å². The van der Waals surface area contributed by atoms with Crippen molar-refractivity contribution in [2.45, 2.75) is 50.9 Å². The molecule has 0 spiro atoms. The number of piperidine rings is 1. The molecule has 1 saturated heterocycles. The summed E-state index contributed by atoms with van der Waals surface area (Å²) in [5.41, 5.74) is 3.46. The number of anilines is 2. The number of benzene rings is 1. The Bertz CT molecular complexity index is 1410. The Hall–Kier alpha value is -3.30. The summed E-state index contributed by atoms with van der Waals surface area (Å²) in [4.78, 5) is 19.5. The summed E-state index contributed by atoms with van der Waals surface area (Å²) in [6.45, 7) is 3.63. The Balaban J connectivity index is 1.35. The van der Waals surface area contributed by atoms with Crippen LogP contribution >= 0.6 is 11.3 Å². The number of nitrogens with zero attached hydrogens (tertiary/aromatic N) is 4. The third kappa shape index (κ3) is 4.98. The monoisotopic (exact) mass is 518 g/mol. The molecular weight excluding hydrogens is 490 g/mol. The van der Waals surface area contributed by atoms with Gasteiger partial charge >= 0.3 is 0 Å². The Morgan fingerprint density at radius 3 is 2.46 bits per heavy atom. The predicted octanol–water partition coefficient (Wildman–Crippen LogP) is 6.73. The number of hydrogen-bond acceptors (Lipinski definition) is 7. The lowest BCUT2D eigenvalue weighted by Crippen LogP contribution is -2.26. The minimum absolute atomic E-state index is 0.219. The van der Waals surface area contributed by atoms with Gasteiger partial charge in [-0.1, -0.05) is 6.42 Å². The van der Waals surface area contributed by atoms with Gasteiger partial charge in [-0.25, -0.2) is 28.7 Å². The summed E-state index contributed by atoms with van der Waals surface area (Å²) >= 11 is 1.64. The lowest BCUT2D eigenvalue weighted by Gasteiger charge is -2.26. The highest BCUT2D eigenvalue weighted by molar-refractivity contribution is 7.15. The zero-order valence-electron chi connectivity index (χ0n) is 20.6. The summed E-state index contributed by atoms with van der Waals surface area (Å²) in [6, 6.07) is 10.1. The number of pyridine rings is 1. The van der Waals surface area contributed by atoms with Crippen LogP contribution in [0.15, 0.2) is 42.6 Å².